The van der Waals surface area contributed by atoms with Crippen molar-refractivity contribution in [1.29, 1.82) is 0 Å². The number of fused-ring (bicyclic) bond motifs is 2. The van der Waals surface area contributed by atoms with Crippen LogP contribution >= 0.6 is 22.9 Å². The van der Waals surface area contributed by atoms with Gasteiger partial charge in [0.15, 0.2) is 6.10 Å². The summed E-state index contributed by atoms with van der Waals surface area (Å²) in [6, 6.07) is 16.6. The first-order valence-electron chi connectivity index (χ1n) is 19.2. The number of carbonyl (C=O) groups excluding carboxylic acids is 2. The number of hydrogen-bond donors (Lipinski definition) is 0. The van der Waals surface area contributed by atoms with Gasteiger partial charge in [-0.3, -0.25) is 9.58 Å². The smallest absolute Gasteiger partial charge is 0.410 e. The van der Waals surface area contributed by atoms with Gasteiger partial charge in [-0.25, -0.2) is 14.6 Å². The maximum atomic E-state index is 13.6. The van der Waals surface area contributed by atoms with Crippen molar-refractivity contribution in [3.05, 3.63) is 70.4 Å². The number of halogens is 1. The van der Waals surface area contributed by atoms with Crippen LogP contribution in [0.2, 0.25) is 5.02 Å². The zero-order valence-electron chi connectivity index (χ0n) is 33.4. The second kappa shape index (κ2) is 15.1. The van der Waals surface area contributed by atoms with E-state index >= 15 is 0 Å². The first-order valence-corrected chi connectivity index (χ1v) is 20.4. The van der Waals surface area contributed by atoms with E-state index in [1.807, 2.05) is 91.4 Å². The second-order valence-corrected chi connectivity index (χ2v) is 18.2. The number of aryl methyl sites for hydroxylation is 2. The van der Waals surface area contributed by atoms with Crippen molar-refractivity contribution >= 4 is 56.1 Å². The molecule has 2 fully saturated rings. The fraction of sp³-hybridized carbons (Fsp3) is 0.488. The summed E-state index contributed by atoms with van der Waals surface area (Å²) in [5, 5.41) is 7.74. The molecule has 55 heavy (non-hydrogen) atoms. The molecule has 2 saturated heterocycles. The molecule has 0 saturated carbocycles. The zero-order valence-corrected chi connectivity index (χ0v) is 34.9. The van der Waals surface area contributed by atoms with Crippen LogP contribution in [0.15, 0.2) is 48.5 Å². The standard InChI is InChI=1S/C43H52ClN5O5S/c1-10-52-40(50)37(53-42(3,4)5)34-25(2)21-32-38(35(34)26-11-14-29(44)15-12-26)55-39(45-32)28-13-16-33-31(22-28)36(46-47(33)9)27-17-19-48(20-18-27)30-23-49(24-30)41(51)54-43(6,7)8/h11-16,21-22,27,30,37H,10,17-20,23-24H2,1-9H3/t37-/m0/s1. The number of thiazole rings is 1. The number of amides is 1. The molecule has 0 radical (unpaired) electrons. The number of nitrogens with zero attached hydrogens (tertiary/aromatic N) is 5. The lowest BCUT2D eigenvalue weighted by atomic mass is 9.90. The average molecular weight is 786 g/mol. The number of aromatic nitrogens is 3. The Morgan fingerprint density at radius 3 is 2.27 bits per heavy atom. The molecule has 0 unspecified atom stereocenters. The van der Waals surface area contributed by atoms with Crippen LogP contribution in [0.3, 0.4) is 0 Å². The summed E-state index contributed by atoms with van der Waals surface area (Å²) in [7, 11) is 2.01. The minimum absolute atomic E-state index is 0.227. The van der Waals surface area contributed by atoms with E-state index in [0.717, 1.165) is 85.6 Å². The van der Waals surface area contributed by atoms with Gasteiger partial charge in [0.1, 0.15) is 10.6 Å². The van der Waals surface area contributed by atoms with E-state index in [9.17, 15) is 9.59 Å². The Labute approximate surface area is 332 Å². The SMILES string of the molecule is CCOC(=O)[C@@H](OC(C)(C)C)c1c(C)cc2nc(-c3ccc4c(c3)c(C3CCN(C5CN(C(=O)OC(C)(C)C)C5)CC3)nn4C)sc2c1-c1ccc(Cl)cc1. The lowest BCUT2D eigenvalue weighted by Gasteiger charge is -2.47. The summed E-state index contributed by atoms with van der Waals surface area (Å²) in [6.45, 7) is 19.0. The van der Waals surface area contributed by atoms with E-state index in [0.29, 0.717) is 30.1 Å². The zero-order chi connectivity index (χ0) is 39.4. The average Bonchev–Trinajstić information content (AvgIpc) is 3.66. The molecule has 12 heteroatoms. The van der Waals surface area contributed by atoms with Crippen LogP contribution in [0.25, 0.3) is 42.8 Å². The molecule has 2 aromatic heterocycles. The first kappa shape index (κ1) is 39.2. The van der Waals surface area contributed by atoms with Gasteiger partial charge in [-0.2, -0.15) is 5.10 Å². The minimum Gasteiger partial charge on any atom is -0.464 e. The maximum Gasteiger partial charge on any atom is 0.410 e. The number of carbonyl (C=O) groups is 2. The van der Waals surface area contributed by atoms with Crippen LogP contribution in [0.1, 0.15) is 90.2 Å². The molecule has 10 nitrogen and oxygen atoms in total. The van der Waals surface area contributed by atoms with Crippen molar-refractivity contribution in [2.24, 2.45) is 7.05 Å². The Balaban J connectivity index is 1.20. The van der Waals surface area contributed by atoms with Gasteiger partial charge >= 0.3 is 12.1 Å². The molecule has 1 atom stereocenters. The van der Waals surface area contributed by atoms with Crippen molar-refractivity contribution in [1.82, 2.24) is 24.6 Å². The summed E-state index contributed by atoms with van der Waals surface area (Å²) in [5.74, 6) is -0.0902. The summed E-state index contributed by atoms with van der Waals surface area (Å²) < 4.78 is 20.6. The van der Waals surface area contributed by atoms with Crippen LogP contribution in [0, 0.1) is 6.92 Å². The molecule has 0 aliphatic carbocycles. The maximum absolute atomic E-state index is 13.6. The fourth-order valence-electron chi connectivity index (χ4n) is 7.80. The third kappa shape index (κ3) is 8.26. The van der Waals surface area contributed by atoms with Gasteiger partial charge in [-0.05, 0) is 129 Å². The number of hydrogen-bond acceptors (Lipinski definition) is 9. The van der Waals surface area contributed by atoms with Gasteiger partial charge in [0.25, 0.3) is 0 Å². The van der Waals surface area contributed by atoms with Gasteiger partial charge < -0.3 is 19.1 Å². The molecular weight excluding hydrogens is 734 g/mol. The number of piperidine rings is 1. The Bertz CT molecular complexity index is 2220. The number of ether oxygens (including phenoxy) is 3. The Kier molecular flexibility index (Phi) is 10.8. The molecule has 5 aromatic rings. The molecule has 2 aliphatic rings. The molecule has 0 spiro atoms. The van der Waals surface area contributed by atoms with Gasteiger partial charge in [-0.1, -0.05) is 23.7 Å². The summed E-state index contributed by atoms with van der Waals surface area (Å²) in [5.41, 5.74) is 6.48. The van der Waals surface area contributed by atoms with Crippen LogP contribution < -0.4 is 0 Å². The number of likely N-dealkylation sites (tertiary alicyclic amines) is 2. The summed E-state index contributed by atoms with van der Waals surface area (Å²) in [6.07, 6.45) is 0.848. The van der Waals surface area contributed by atoms with Crippen molar-refractivity contribution in [3.8, 4) is 21.7 Å². The van der Waals surface area contributed by atoms with E-state index in [4.69, 9.17) is 35.9 Å². The second-order valence-electron chi connectivity index (χ2n) is 16.8. The molecule has 2 aliphatic heterocycles. The largest absolute Gasteiger partial charge is 0.464 e. The highest BCUT2D eigenvalue weighted by atomic mass is 35.5. The normalized spacial score (nSPS) is 16.8. The van der Waals surface area contributed by atoms with Crippen LogP contribution in [0.4, 0.5) is 4.79 Å². The van der Waals surface area contributed by atoms with Crippen molar-refractivity contribution < 1.29 is 23.8 Å². The Morgan fingerprint density at radius 1 is 0.964 bits per heavy atom. The Morgan fingerprint density at radius 2 is 1.64 bits per heavy atom. The first-order chi connectivity index (χ1) is 26.0. The third-order valence-corrected chi connectivity index (χ3v) is 11.8. The van der Waals surface area contributed by atoms with Crippen LogP contribution in [-0.4, -0.2) is 86.7 Å². The summed E-state index contributed by atoms with van der Waals surface area (Å²) >= 11 is 7.97. The van der Waals surface area contributed by atoms with Crippen molar-refractivity contribution in [2.75, 3.05) is 32.8 Å². The predicted octanol–water partition coefficient (Wildman–Crippen LogP) is 9.70. The van der Waals surface area contributed by atoms with E-state index in [-0.39, 0.29) is 12.7 Å². The minimum atomic E-state index is -0.936. The Hall–Kier alpha value is -4.03. The number of esters is 1. The van der Waals surface area contributed by atoms with Crippen molar-refractivity contribution in [2.45, 2.75) is 97.5 Å². The summed E-state index contributed by atoms with van der Waals surface area (Å²) in [4.78, 5) is 35.6. The highest BCUT2D eigenvalue weighted by Crippen LogP contribution is 2.45. The van der Waals surface area contributed by atoms with Gasteiger partial charge in [0, 0.05) is 59.2 Å². The lowest BCUT2D eigenvalue weighted by Crippen LogP contribution is -2.62. The molecule has 4 heterocycles. The van der Waals surface area contributed by atoms with E-state index in [2.05, 4.69) is 29.2 Å². The quantitative estimate of drug-likeness (QED) is 0.144. The van der Waals surface area contributed by atoms with E-state index in [1.165, 1.54) is 0 Å². The number of benzene rings is 3. The van der Waals surface area contributed by atoms with Gasteiger partial charge in [0.05, 0.1) is 33.6 Å². The fourth-order valence-corrected chi connectivity index (χ4v) is 9.05. The molecule has 292 valence electrons. The van der Waals surface area contributed by atoms with E-state index in [1.54, 1.807) is 16.2 Å². The van der Waals surface area contributed by atoms with Crippen LogP contribution in [0.5, 0.6) is 0 Å². The van der Waals surface area contributed by atoms with Crippen LogP contribution in [-0.2, 0) is 26.1 Å². The highest BCUT2D eigenvalue weighted by molar-refractivity contribution is 7.22. The molecule has 0 N–H and O–H groups in total. The lowest BCUT2D eigenvalue weighted by molar-refractivity contribution is -0.166. The van der Waals surface area contributed by atoms with E-state index < -0.39 is 23.3 Å². The third-order valence-electron chi connectivity index (χ3n) is 10.4. The molecular formula is C43H52ClN5O5S. The van der Waals surface area contributed by atoms with Crippen molar-refractivity contribution in [3.63, 3.8) is 0 Å². The molecule has 3 aromatic carbocycles. The molecule has 0 bridgehead atoms. The highest BCUT2D eigenvalue weighted by Gasteiger charge is 2.39. The molecule has 7 rings (SSSR count). The number of rotatable bonds is 8. The monoisotopic (exact) mass is 785 g/mol. The predicted molar refractivity (Wildman–Crippen MR) is 220 cm³/mol. The molecule has 1 amide bonds. The van der Waals surface area contributed by atoms with Gasteiger partial charge in [-0.15, -0.1) is 11.3 Å². The van der Waals surface area contributed by atoms with Gasteiger partial charge in [0.2, 0.25) is 0 Å². The topological polar surface area (TPSA) is 99.0 Å².